The first-order valence-electron chi connectivity index (χ1n) is 9.56. The molecule has 6 nitrogen and oxygen atoms in total. The lowest BCUT2D eigenvalue weighted by Gasteiger charge is -2.36. The third-order valence-corrected chi connectivity index (χ3v) is 4.89. The normalized spacial score (nSPS) is 16.0. The number of guanidine groups is 1. The van der Waals surface area contributed by atoms with Gasteiger partial charge in [0.05, 0.1) is 5.60 Å². The average molecular weight is 489 g/mol. The molecule has 0 aromatic heterocycles. The van der Waals surface area contributed by atoms with Crippen molar-refractivity contribution in [3.63, 3.8) is 0 Å². The molecule has 0 amide bonds. The molecule has 0 spiro atoms. The number of para-hydroxylation sites is 1. The fourth-order valence-corrected chi connectivity index (χ4v) is 2.97. The highest BCUT2D eigenvalue weighted by Crippen LogP contribution is 2.15. The monoisotopic (exact) mass is 489 g/mol. The number of halogens is 1. The van der Waals surface area contributed by atoms with Gasteiger partial charge in [0.2, 0.25) is 0 Å². The molecule has 2 N–H and O–H groups in total. The maximum absolute atomic E-state index is 5.42. The molecule has 0 radical (unpaired) electrons. The number of rotatable bonds is 8. The zero-order chi connectivity index (χ0) is 18.8. The summed E-state index contributed by atoms with van der Waals surface area (Å²) in [6.45, 7) is 11.4. The highest BCUT2D eigenvalue weighted by molar-refractivity contribution is 14.0. The smallest absolute Gasteiger partial charge is 0.191 e. The van der Waals surface area contributed by atoms with Crippen molar-refractivity contribution in [1.82, 2.24) is 15.5 Å². The van der Waals surface area contributed by atoms with Crippen LogP contribution in [-0.2, 0) is 4.74 Å². The van der Waals surface area contributed by atoms with Gasteiger partial charge in [-0.25, -0.2) is 0 Å². The van der Waals surface area contributed by atoms with Gasteiger partial charge in [0.15, 0.2) is 5.96 Å². The summed E-state index contributed by atoms with van der Waals surface area (Å²) in [5.74, 6) is 0.837. The van der Waals surface area contributed by atoms with Gasteiger partial charge in [-0.3, -0.25) is 9.89 Å². The van der Waals surface area contributed by atoms with Crippen molar-refractivity contribution in [1.29, 1.82) is 0 Å². The van der Waals surface area contributed by atoms with Crippen molar-refractivity contribution >= 4 is 35.6 Å². The lowest BCUT2D eigenvalue weighted by atomic mass is 10.1. The van der Waals surface area contributed by atoms with Gasteiger partial charge >= 0.3 is 0 Å². The second-order valence-corrected chi connectivity index (χ2v) is 7.33. The first-order valence-corrected chi connectivity index (χ1v) is 9.56. The molecule has 1 aliphatic heterocycles. The number of aliphatic imine (C=N–C) groups is 1. The van der Waals surface area contributed by atoms with Gasteiger partial charge in [0, 0.05) is 59.1 Å². The molecular weight excluding hydrogens is 453 g/mol. The molecule has 2 rings (SSSR count). The molecule has 1 aliphatic rings. The van der Waals surface area contributed by atoms with Crippen molar-refractivity contribution < 1.29 is 4.74 Å². The number of nitrogens with zero attached hydrogens (tertiary/aromatic N) is 3. The summed E-state index contributed by atoms with van der Waals surface area (Å²) in [6.07, 6.45) is 1.11. The summed E-state index contributed by atoms with van der Waals surface area (Å²) >= 11 is 0. The van der Waals surface area contributed by atoms with Gasteiger partial charge in [-0.15, -0.1) is 24.0 Å². The number of hydrogen-bond acceptors (Lipinski definition) is 4. The Bertz CT molecular complexity index is 545. The molecule has 1 heterocycles. The molecule has 1 saturated heterocycles. The second-order valence-electron chi connectivity index (χ2n) is 7.33. The minimum Gasteiger partial charge on any atom is -0.377 e. The number of nitrogens with one attached hydrogen (secondary N) is 2. The molecule has 1 fully saturated rings. The Morgan fingerprint density at radius 3 is 2.37 bits per heavy atom. The zero-order valence-electron chi connectivity index (χ0n) is 17.2. The Morgan fingerprint density at radius 1 is 1.11 bits per heavy atom. The second kappa shape index (κ2) is 12.4. The number of piperazine rings is 1. The zero-order valence-corrected chi connectivity index (χ0v) is 19.5. The van der Waals surface area contributed by atoms with E-state index in [9.17, 15) is 0 Å². The Labute approximate surface area is 181 Å². The molecule has 7 heteroatoms. The summed E-state index contributed by atoms with van der Waals surface area (Å²) in [5, 5.41) is 6.70. The van der Waals surface area contributed by atoms with E-state index in [1.54, 1.807) is 14.2 Å². The molecule has 0 atom stereocenters. The topological polar surface area (TPSA) is 52.1 Å². The minimum atomic E-state index is -0.198. The van der Waals surface area contributed by atoms with E-state index in [4.69, 9.17) is 4.74 Å². The number of benzene rings is 1. The molecular formula is C20H36IN5O. The fraction of sp³-hybridized carbons (Fsp3) is 0.650. The van der Waals surface area contributed by atoms with Crippen LogP contribution in [0.2, 0.25) is 0 Å². The quantitative estimate of drug-likeness (QED) is 0.254. The van der Waals surface area contributed by atoms with Gasteiger partial charge in [-0.2, -0.15) is 0 Å². The summed E-state index contributed by atoms with van der Waals surface area (Å²) in [7, 11) is 3.54. The van der Waals surface area contributed by atoms with Crippen molar-refractivity contribution in [2.24, 2.45) is 4.99 Å². The summed E-state index contributed by atoms with van der Waals surface area (Å²) < 4.78 is 5.42. The van der Waals surface area contributed by atoms with Crippen LogP contribution in [0, 0.1) is 0 Å². The third-order valence-electron chi connectivity index (χ3n) is 4.89. The first-order chi connectivity index (χ1) is 12.5. The summed E-state index contributed by atoms with van der Waals surface area (Å²) in [5.41, 5.74) is 1.14. The van der Waals surface area contributed by atoms with Crippen molar-refractivity contribution in [3.05, 3.63) is 30.3 Å². The van der Waals surface area contributed by atoms with Crippen LogP contribution in [0.5, 0.6) is 0 Å². The van der Waals surface area contributed by atoms with E-state index >= 15 is 0 Å². The SMILES string of the molecule is CN=C(NCCCN1CCN(c2ccccc2)CC1)NCC(C)(C)OC.I. The van der Waals surface area contributed by atoms with E-state index in [1.165, 1.54) is 5.69 Å². The Kier molecular flexibility index (Phi) is 11.0. The van der Waals surface area contributed by atoms with Crippen LogP contribution in [0.15, 0.2) is 35.3 Å². The van der Waals surface area contributed by atoms with Crippen molar-refractivity contribution in [2.45, 2.75) is 25.9 Å². The standard InChI is InChI=1S/C20H35N5O.HI/c1-20(2,26-4)17-23-19(21-3)22-11-8-12-24-13-15-25(16-14-24)18-9-6-5-7-10-18;/h5-7,9-10H,8,11-17H2,1-4H3,(H2,21,22,23);1H. The van der Waals surface area contributed by atoms with E-state index in [-0.39, 0.29) is 29.6 Å². The van der Waals surface area contributed by atoms with Gasteiger partial charge < -0.3 is 20.3 Å². The van der Waals surface area contributed by atoms with E-state index in [2.05, 4.69) is 69.6 Å². The highest BCUT2D eigenvalue weighted by Gasteiger charge is 2.17. The Hall–Kier alpha value is -1.06. The van der Waals surface area contributed by atoms with Gasteiger partial charge in [-0.1, -0.05) is 18.2 Å². The number of hydrogen-bond donors (Lipinski definition) is 2. The van der Waals surface area contributed by atoms with Crippen LogP contribution in [0.1, 0.15) is 20.3 Å². The van der Waals surface area contributed by atoms with Crippen LogP contribution in [-0.4, -0.2) is 76.4 Å². The Morgan fingerprint density at radius 2 is 1.78 bits per heavy atom. The maximum Gasteiger partial charge on any atom is 0.191 e. The molecule has 0 unspecified atom stereocenters. The van der Waals surface area contributed by atoms with Crippen LogP contribution >= 0.6 is 24.0 Å². The summed E-state index contributed by atoms with van der Waals surface area (Å²) in [6, 6.07) is 10.7. The number of anilines is 1. The Balaban J connectivity index is 0.00000364. The molecule has 1 aromatic carbocycles. The van der Waals surface area contributed by atoms with Gasteiger partial charge in [-0.05, 0) is 38.9 Å². The molecule has 0 saturated carbocycles. The highest BCUT2D eigenvalue weighted by atomic mass is 127. The van der Waals surface area contributed by atoms with Gasteiger partial charge in [0.25, 0.3) is 0 Å². The average Bonchev–Trinajstić information content (AvgIpc) is 2.68. The van der Waals surface area contributed by atoms with E-state index in [0.717, 1.165) is 58.2 Å². The largest absolute Gasteiger partial charge is 0.377 e. The van der Waals surface area contributed by atoms with Crippen LogP contribution in [0.25, 0.3) is 0 Å². The minimum absolute atomic E-state index is 0. The lowest BCUT2D eigenvalue weighted by molar-refractivity contribution is 0.0268. The predicted octanol–water partition coefficient (Wildman–Crippen LogP) is 2.41. The molecule has 27 heavy (non-hydrogen) atoms. The number of methoxy groups -OCH3 is 1. The van der Waals surface area contributed by atoms with Crippen LogP contribution in [0.3, 0.4) is 0 Å². The van der Waals surface area contributed by atoms with E-state index in [0.29, 0.717) is 0 Å². The first kappa shape index (κ1) is 24.0. The van der Waals surface area contributed by atoms with E-state index < -0.39 is 0 Å². The van der Waals surface area contributed by atoms with Crippen LogP contribution in [0.4, 0.5) is 5.69 Å². The third kappa shape index (κ3) is 8.66. The molecule has 0 aliphatic carbocycles. The molecule has 154 valence electrons. The van der Waals surface area contributed by atoms with E-state index in [1.807, 2.05) is 0 Å². The number of ether oxygens (including phenoxy) is 1. The van der Waals surface area contributed by atoms with Gasteiger partial charge in [0.1, 0.15) is 0 Å². The van der Waals surface area contributed by atoms with Crippen LogP contribution < -0.4 is 15.5 Å². The molecule has 1 aromatic rings. The lowest BCUT2D eigenvalue weighted by Crippen LogP contribution is -2.48. The van der Waals surface area contributed by atoms with Crippen molar-refractivity contribution in [3.8, 4) is 0 Å². The molecule has 0 bridgehead atoms. The van der Waals surface area contributed by atoms with Crippen molar-refractivity contribution in [2.75, 3.05) is 64.9 Å². The predicted molar refractivity (Wildman–Crippen MR) is 126 cm³/mol. The maximum atomic E-state index is 5.42. The summed E-state index contributed by atoms with van der Waals surface area (Å²) in [4.78, 5) is 9.29. The fourth-order valence-electron chi connectivity index (χ4n) is 2.97.